The summed E-state index contributed by atoms with van der Waals surface area (Å²) < 4.78 is 36.2. The Labute approximate surface area is 96.4 Å². The van der Waals surface area contributed by atoms with E-state index in [9.17, 15) is 18.0 Å². The Kier molecular flexibility index (Phi) is 3.93. The number of halogens is 3. The monoisotopic (exact) mass is 247 g/mol. The van der Waals surface area contributed by atoms with Gasteiger partial charge in [0.25, 0.3) is 5.91 Å². The molecule has 0 saturated carbocycles. The van der Waals surface area contributed by atoms with Gasteiger partial charge in [-0.15, -0.1) is 0 Å². The molecule has 7 heteroatoms. The molecule has 0 radical (unpaired) electrons. The van der Waals surface area contributed by atoms with Gasteiger partial charge < -0.3 is 10.2 Å². The van der Waals surface area contributed by atoms with Crippen molar-refractivity contribution in [3.05, 3.63) is 23.9 Å². The molecular formula is C10H12F3N3O. The highest BCUT2D eigenvalue weighted by Gasteiger charge is 2.31. The Balaban J connectivity index is 2.75. The molecule has 17 heavy (non-hydrogen) atoms. The maximum absolute atomic E-state index is 12.1. The van der Waals surface area contributed by atoms with E-state index in [4.69, 9.17) is 0 Å². The Morgan fingerprint density at radius 1 is 1.47 bits per heavy atom. The van der Waals surface area contributed by atoms with Crippen molar-refractivity contribution in [3.8, 4) is 0 Å². The van der Waals surface area contributed by atoms with E-state index in [1.54, 1.807) is 7.05 Å². The largest absolute Gasteiger partial charge is 0.406 e. The summed E-state index contributed by atoms with van der Waals surface area (Å²) in [4.78, 5) is 16.1. The number of amides is 1. The highest BCUT2D eigenvalue weighted by atomic mass is 19.4. The number of carbonyl (C=O) groups is 1. The normalized spacial score (nSPS) is 11.1. The zero-order valence-corrected chi connectivity index (χ0v) is 9.38. The number of nitrogens with zero attached hydrogens (tertiary/aromatic N) is 2. The van der Waals surface area contributed by atoms with Crippen LogP contribution in [0.2, 0.25) is 0 Å². The summed E-state index contributed by atoms with van der Waals surface area (Å²) >= 11 is 0. The van der Waals surface area contributed by atoms with E-state index < -0.39 is 18.6 Å². The van der Waals surface area contributed by atoms with Gasteiger partial charge in [-0.2, -0.15) is 13.2 Å². The summed E-state index contributed by atoms with van der Waals surface area (Å²) in [7, 11) is 2.75. The second kappa shape index (κ2) is 5.03. The van der Waals surface area contributed by atoms with Gasteiger partial charge in [0.15, 0.2) is 0 Å². The lowest BCUT2D eigenvalue weighted by Gasteiger charge is -2.18. The molecule has 94 valence electrons. The van der Waals surface area contributed by atoms with Gasteiger partial charge in [-0.25, -0.2) is 4.98 Å². The van der Waals surface area contributed by atoms with Gasteiger partial charge >= 0.3 is 6.18 Å². The van der Waals surface area contributed by atoms with Crippen LogP contribution in [0.5, 0.6) is 0 Å². The van der Waals surface area contributed by atoms with Crippen LogP contribution in [0.15, 0.2) is 18.3 Å². The van der Waals surface area contributed by atoms with Gasteiger partial charge in [0.1, 0.15) is 12.4 Å². The number of nitrogens with one attached hydrogen (secondary N) is 1. The van der Waals surface area contributed by atoms with E-state index in [1.165, 1.54) is 18.3 Å². The van der Waals surface area contributed by atoms with Crippen molar-refractivity contribution in [2.75, 3.05) is 26.0 Å². The number of hydrogen-bond donors (Lipinski definition) is 1. The van der Waals surface area contributed by atoms with Gasteiger partial charge in [0, 0.05) is 20.3 Å². The van der Waals surface area contributed by atoms with E-state index in [2.05, 4.69) is 10.3 Å². The smallest absolute Gasteiger partial charge is 0.373 e. The highest BCUT2D eigenvalue weighted by Crippen LogP contribution is 2.17. The maximum Gasteiger partial charge on any atom is 0.406 e. The average Bonchev–Trinajstić information content (AvgIpc) is 2.26. The molecule has 1 rings (SSSR count). The SMILES string of the molecule is CNc1ccc(C(=O)N(C)CC(F)(F)F)cn1. The van der Waals surface area contributed by atoms with E-state index in [-0.39, 0.29) is 5.56 Å². The van der Waals surface area contributed by atoms with Gasteiger partial charge in [-0.1, -0.05) is 0 Å². The number of anilines is 1. The minimum Gasteiger partial charge on any atom is -0.373 e. The molecule has 0 bridgehead atoms. The molecule has 1 aromatic heterocycles. The van der Waals surface area contributed by atoms with Crippen molar-refractivity contribution in [2.24, 2.45) is 0 Å². The van der Waals surface area contributed by atoms with Crippen molar-refractivity contribution in [1.82, 2.24) is 9.88 Å². The molecule has 0 spiro atoms. The first kappa shape index (κ1) is 13.3. The molecule has 0 aliphatic rings. The van der Waals surface area contributed by atoms with E-state index in [0.29, 0.717) is 10.7 Å². The number of carbonyl (C=O) groups excluding carboxylic acids is 1. The standard InChI is InChI=1S/C10H12F3N3O/c1-14-8-4-3-7(5-15-8)9(17)16(2)6-10(11,12)13/h3-5H,6H2,1-2H3,(H,14,15). The van der Waals surface area contributed by atoms with Crippen molar-refractivity contribution < 1.29 is 18.0 Å². The topological polar surface area (TPSA) is 45.2 Å². The highest BCUT2D eigenvalue weighted by molar-refractivity contribution is 5.93. The lowest BCUT2D eigenvalue weighted by atomic mass is 10.2. The molecule has 1 N–H and O–H groups in total. The molecule has 0 fully saturated rings. The third-order valence-corrected chi connectivity index (χ3v) is 2.03. The fourth-order valence-corrected chi connectivity index (χ4v) is 1.23. The quantitative estimate of drug-likeness (QED) is 0.885. The minimum absolute atomic E-state index is 0.121. The van der Waals surface area contributed by atoms with Crippen LogP contribution in [0.1, 0.15) is 10.4 Å². The number of alkyl halides is 3. The Hall–Kier alpha value is -1.79. The number of rotatable bonds is 3. The van der Waals surface area contributed by atoms with Crippen LogP contribution in [0.3, 0.4) is 0 Å². The number of hydrogen-bond acceptors (Lipinski definition) is 3. The van der Waals surface area contributed by atoms with Crippen LogP contribution in [0.4, 0.5) is 19.0 Å². The van der Waals surface area contributed by atoms with E-state index in [0.717, 1.165) is 7.05 Å². The summed E-state index contributed by atoms with van der Waals surface area (Å²) in [5.41, 5.74) is 0.121. The van der Waals surface area contributed by atoms with Gasteiger partial charge in [-0.05, 0) is 12.1 Å². The summed E-state index contributed by atoms with van der Waals surface area (Å²) in [6.45, 7) is -1.28. The molecule has 0 saturated heterocycles. The minimum atomic E-state index is -4.40. The zero-order chi connectivity index (χ0) is 13.1. The first-order valence-electron chi connectivity index (χ1n) is 4.79. The molecule has 1 heterocycles. The molecule has 1 aromatic rings. The number of pyridine rings is 1. The first-order valence-corrected chi connectivity index (χ1v) is 4.79. The molecule has 0 aliphatic carbocycles. The van der Waals surface area contributed by atoms with Crippen LogP contribution in [-0.2, 0) is 0 Å². The average molecular weight is 247 g/mol. The third kappa shape index (κ3) is 3.93. The molecule has 0 atom stereocenters. The Bertz CT molecular complexity index is 389. The fourth-order valence-electron chi connectivity index (χ4n) is 1.23. The Morgan fingerprint density at radius 3 is 2.53 bits per heavy atom. The fraction of sp³-hybridized carbons (Fsp3) is 0.400. The van der Waals surface area contributed by atoms with Gasteiger partial charge in [-0.3, -0.25) is 4.79 Å². The third-order valence-electron chi connectivity index (χ3n) is 2.03. The second-order valence-electron chi connectivity index (χ2n) is 3.46. The van der Waals surface area contributed by atoms with Crippen LogP contribution < -0.4 is 5.32 Å². The van der Waals surface area contributed by atoms with Gasteiger partial charge in [0.2, 0.25) is 0 Å². The van der Waals surface area contributed by atoms with Crippen LogP contribution in [0.25, 0.3) is 0 Å². The summed E-state index contributed by atoms with van der Waals surface area (Å²) in [6.07, 6.45) is -3.16. The van der Waals surface area contributed by atoms with Crippen LogP contribution in [0, 0.1) is 0 Å². The number of aromatic nitrogens is 1. The predicted octanol–water partition coefficient (Wildman–Crippen LogP) is 1.76. The lowest BCUT2D eigenvalue weighted by Crippen LogP contribution is -2.35. The Morgan fingerprint density at radius 2 is 2.12 bits per heavy atom. The molecule has 4 nitrogen and oxygen atoms in total. The summed E-state index contributed by atoms with van der Waals surface area (Å²) in [5, 5.41) is 2.74. The molecular weight excluding hydrogens is 235 g/mol. The zero-order valence-electron chi connectivity index (χ0n) is 9.38. The summed E-state index contributed by atoms with van der Waals surface area (Å²) in [6, 6.07) is 2.95. The predicted molar refractivity (Wildman–Crippen MR) is 56.8 cm³/mol. The summed E-state index contributed by atoms with van der Waals surface area (Å²) in [5.74, 6) is -0.169. The lowest BCUT2D eigenvalue weighted by molar-refractivity contribution is -0.138. The van der Waals surface area contributed by atoms with Crippen molar-refractivity contribution in [2.45, 2.75) is 6.18 Å². The van der Waals surface area contributed by atoms with Crippen LogP contribution >= 0.6 is 0 Å². The van der Waals surface area contributed by atoms with Crippen LogP contribution in [-0.4, -0.2) is 42.6 Å². The molecule has 0 aromatic carbocycles. The second-order valence-corrected chi connectivity index (χ2v) is 3.46. The first-order chi connectivity index (χ1) is 7.83. The van der Waals surface area contributed by atoms with Crippen molar-refractivity contribution in [1.29, 1.82) is 0 Å². The molecule has 0 unspecified atom stereocenters. The van der Waals surface area contributed by atoms with Gasteiger partial charge in [0.05, 0.1) is 5.56 Å². The maximum atomic E-state index is 12.1. The molecule has 1 amide bonds. The van der Waals surface area contributed by atoms with E-state index in [1.807, 2.05) is 0 Å². The van der Waals surface area contributed by atoms with Crippen molar-refractivity contribution in [3.63, 3.8) is 0 Å². The molecule has 0 aliphatic heterocycles. The van der Waals surface area contributed by atoms with E-state index >= 15 is 0 Å². The van der Waals surface area contributed by atoms with Crippen molar-refractivity contribution >= 4 is 11.7 Å².